The van der Waals surface area contributed by atoms with E-state index in [1.54, 1.807) is 0 Å². The van der Waals surface area contributed by atoms with Gasteiger partial charge >= 0.3 is 12.3 Å². The molecule has 198 valence electrons. The van der Waals surface area contributed by atoms with Crippen LogP contribution in [-0.4, -0.2) is 51.4 Å². The summed E-state index contributed by atoms with van der Waals surface area (Å²) in [6, 6.07) is 8.45. The number of sulfonamides is 1. The van der Waals surface area contributed by atoms with Crippen LogP contribution in [-0.2, 0) is 19.6 Å². The number of amides is 2. The fourth-order valence-corrected chi connectivity index (χ4v) is 4.69. The first kappa shape index (κ1) is 27.5. The van der Waals surface area contributed by atoms with Gasteiger partial charge in [0, 0.05) is 12.6 Å². The van der Waals surface area contributed by atoms with Crippen molar-refractivity contribution in [2.75, 3.05) is 22.7 Å². The lowest BCUT2D eigenvalue weighted by Crippen LogP contribution is -2.48. The largest absolute Gasteiger partial charge is 0.484 e. The average Bonchev–Trinajstić information content (AvgIpc) is 2.81. The van der Waals surface area contributed by atoms with Gasteiger partial charge in [-0.2, -0.15) is 18.4 Å². The third-order valence-electron chi connectivity index (χ3n) is 5.17. The Hall–Kier alpha value is -4.06. The fraction of sp³-hybridized carbons (Fsp3) is 0.318. The third kappa shape index (κ3) is 6.02. The Labute approximate surface area is 208 Å². The number of nitriles is 1. The number of ether oxygens (including phenoxy) is 2. The van der Waals surface area contributed by atoms with Crippen LogP contribution in [0.5, 0.6) is 5.75 Å². The Morgan fingerprint density at radius 1 is 1.22 bits per heavy atom. The minimum absolute atomic E-state index is 0.0170. The van der Waals surface area contributed by atoms with Crippen LogP contribution in [0.1, 0.15) is 13.8 Å². The van der Waals surface area contributed by atoms with E-state index in [0.717, 1.165) is 40.7 Å². The lowest BCUT2D eigenvalue weighted by Gasteiger charge is -2.35. The molecule has 0 aliphatic carbocycles. The van der Waals surface area contributed by atoms with E-state index in [0.29, 0.717) is 6.92 Å². The molecule has 1 aliphatic rings. The van der Waals surface area contributed by atoms with Crippen LogP contribution in [0.3, 0.4) is 0 Å². The van der Waals surface area contributed by atoms with Crippen molar-refractivity contribution in [1.29, 1.82) is 5.26 Å². The van der Waals surface area contributed by atoms with Crippen molar-refractivity contribution in [1.82, 2.24) is 5.32 Å². The van der Waals surface area contributed by atoms with Gasteiger partial charge in [-0.15, -0.1) is 0 Å². The Bertz CT molecular complexity index is 1340. The van der Waals surface area contributed by atoms with Crippen LogP contribution in [0.25, 0.3) is 0 Å². The maximum absolute atomic E-state index is 13.4. The molecule has 2 N–H and O–H groups in total. The molecule has 1 heterocycles. The van der Waals surface area contributed by atoms with Gasteiger partial charge in [0.1, 0.15) is 23.7 Å². The standard InChI is InChI=1S/C22H20F4N4O6S/c1-13(31)28-10-16-11-30(37(33,34)17-6-3-14(23)4-7-17)18-9-15(5-8-19(18)35-16)29-20(32)36-21(2,12-27)22(24,25)26/h3-9,16H,10-11H2,1-2H3,(H,28,31)(H,29,32). The summed E-state index contributed by atoms with van der Waals surface area (Å²) in [6.45, 7) is 1.28. The van der Waals surface area contributed by atoms with Crippen LogP contribution >= 0.6 is 0 Å². The molecule has 3 rings (SSSR count). The number of nitrogens with zero attached hydrogens (tertiary/aromatic N) is 2. The number of anilines is 2. The molecule has 0 radical (unpaired) electrons. The summed E-state index contributed by atoms with van der Waals surface area (Å²) in [5.74, 6) is -1.04. The van der Waals surface area contributed by atoms with Crippen LogP contribution in [0.2, 0.25) is 0 Å². The van der Waals surface area contributed by atoms with Crippen molar-refractivity contribution >= 4 is 33.4 Å². The number of benzene rings is 2. The Morgan fingerprint density at radius 3 is 2.43 bits per heavy atom. The van der Waals surface area contributed by atoms with Crippen molar-refractivity contribution in [3.63, 3.8) is 0 Å². The summed E-state index contributed by atoms with van der Waals surface area (Å²) >= 11 is 0. The topological polar surface area (TPSA) is 138 Å². The smallest absolute Gasteiger partial charge is 0.442 e. The molecule has 0 spiro atoms. The van der Waals surface area contributed by atoms with Crippen LogP contribution in [0.4, 0.5) is 33.7 Å². The zero-order valence-electron chi connectivity index (χ0n) is 19.3. The summed E-state index contributed by atoms with van der Waals surface area (Å²) < 4.78 is 90.3. The minimum Gasteiger partial charge on any atom is -0.484 e. The molecule has 37 heavy (non-hydrogen) atoms. The highest BCUT2D eigenvalue weighted by molar-refractivity contribution is 7.92. The van der Waals surface area contributed by atoms with Gasteiger partial charge in [0.15, 0.2) is 0 Å². The van der Waals surface area contributed by atoms with Gasteiger partial charge in [-0.3, -0.25) is 14.4 Å². The number of carbonyl (C=O) groups excluding carboxylic acids is 2. The number of fused-ring (bicyclic) bond motifs is 1. The molecule has 2 aromatic rings. The van der Waals surface area contributed by atoms with Crippen molar-refractivity contribution in [2.45, 2.75) is 36.6 Å². The van der Waals surface area contributed by atoms with E-state index in [-0.39, 0.29) is 41.0 Å². The maximum atomic E-state index is 13.4. The Balaban J connectivity index is 1.96. The predicted octanol–water partition coefficient (Wildman–Crippen LogP) is 3.31. The molecule has 0 fully saturated rings. The van der Waals surface area contributed by atoms with Crippen molar-refractivity contribution in [2.24, 2.45) is 0 Å². The molecule has 2 amide bonds. The predicted molar refractivity (Wildman–Crippen MR) is 121 cm³/mol. The summed E-state index contributed by atoms with van der Waals surface area (Å²) in [6.07, 6.45) is -7.63. The van der Waals surface area contributed by atoms with E-state index in [2.05, 4.69) is 10.1 Å². The monoisotopic (exact) mass is 544 g/mol. The lowest BCUT2D eigenvalue weighted by molar-refractivity contribution is -0.227. The second kappa shape index (κ2) is 10.1. The van der Waals surface area contributed by atoms with E-state index in [1.165, 1.54) is 19.1 Å². The van der Waals surface area contributed by atoms with Crippen molar-refractivity contribution in [3.05, 3.63) is 48.3 Å². The number of nitrogens with one attached hydrogen (secondary N) is 2. The van der Waals surface area contributed by atoms with Crippen LogP contribution in [0.15, 0.2) is 47.4 Å². The molecular formula is C22H20F4N4O6S. The SMILES string of the molecule is CC(=O)NCC1CN(S(=O)(=O)c2ccc(F)cc2)c2cc(NC(=O)OC(C)(C#N)C(F)(F)F)ccc2O1. The van der Waals surface area contributed by atoms with Gasteiger partial charge in [-0.05, 0) is 49.4 Å². The Kier molecular flexibility index (Phi) is 7.54. The fourth-order valence-electron chi connectivity index (χ4n) is 3.19. The highest BCUT2D eigenvalue weighted by Gasteiger charge is 2.55. The van der Waals surface area contributed by atoms with E-state index in [9.17, 15) is 35.6 Å². The van der Waals surface area contributed by atoms with E-state index < -0.39 is 39.8 Å². The van der Waals surface area contributed by atoms with Gasteiger partial charge in [-0.1, -0.05) is 0 Å². The summed E-state index contributed by atoms with van der Waals surface area (Å²) in [7, 11) is -4.32. The first-order valence-corrected chi connectivity index (χ1v) is 11.9. The van der Waals surface area contributed by atoms with Crippen molar-refractivity contribution < 1.29 is 45.0 Å². The van der Waals surface area contributed by atoms with Crippen molar-refractivity contribution in [3.8, 4) is 11.8 Å². The van der Waals surface area contributed by atoms with Gasteiger partial charge in [-0.25, -0.2) is 17.6 Å². The molecule has 0 saturated carbocycles. The summed E-state index contributed by atoms with van der Waals surface area (Å²) in [5.41, 5.74) is -3.70. The molecule has 1 aliphatic heterocycles. The van der Waals surface area contributed by atoms with Gasteiger partial charge in [0.2, 0.25) is 5.91 Å². The number of rotatable bonds is 6. The number of carbonyl (C=O) groups is 2. The third-order valence-corrected chi connectivity index (χ3v) is 6.96. The van der Waals surface area contributed by atoms with Gasteiger partial charge < -0.3 is 14.8 Å². The number of alkyl halides is 3. The molecule has 2 atom stereocenters. The van der Waals surface area contributed by atoms with Gasteiger partial charge in [0.25, 0.3) is 15.6 Å². The normalized spacial score (nSPS) is 16.9. The van der Waals surface area contributed by atoms with E-state index in [4.69, 9.17) is 10.00 Å². The first-order chi connectivity index (χ1) is 17.2. The lowest BCUT2D eigenvalue weighted by atomic mass is 10.1. The molecule has 0 saturated heterocycles. The second-order valence-electron chi connectivity index (χ2n) is 8.01. The number of hydrogen-bond acceptors (Lipinski definition) is 7. The molecule has 10 nitrogen and oxygen atoms in total. The molecular weight excluding hydrogens is 524 g/mol. The second-order valence-corrected chi connectivity index (χ2v) is 9.87. The molecule has 2 unspecified atom stereocenters. The van der Waals surface area contributed by atoms with Crippen LogP contribution < -0.4 is 19.7 Å². The molecule has 2 aromatic carbocycles. The maximum Gasteiger partial charge on any atom is 0.442 e. The zero-order valence-corrected chi connectivity index (χ0v) is 20.1. The Morgan fingerprint density at radius 2 is 1.86 bits per heavy atom. The molecule has 0 bridgehead atoms. The quantitative estimate of drug-likeness (QED) is 0.532. The van der Waals surface area contributed by atoms with Crippen LogP contribution in [0, 0.1) is 17.1 Å². The van der Waals surface area contributed by atoms with Gasteiger partial charge in [0.05, 0.1) is 23.7 Å². The zero-order chi connectivity index (χ0) is 27.6. The minimum atomic E-state index is -5.17. The first-order valence-electron chi connectivity index (χ1n) is 10.5. The summed E-state index contributed by atoms with van der Waals surface area (Å²) in [5, 5.41) is 13.4. The highest BCUT2D eigenvalue weighted by Crippen LogP contribution is 2.39. The highest BCUT2D eigenvalue weighted by atomic mass is 32.2. The molecule has 15 heteroatoms. The summed E-state index contributed by atoms with van der Waals surface area (Å²) in [4.78, 5) is 23.2. The molecule has 0 aromatic heterocycles. The number of hydrogen-bond donors (Lipinski definition) is 2. The number of halogens is 4. The van der Waals surface area contributed by atoms with E-state index >= 15 is 0 Å². The van der Waals surface area contributed by atoms with E-state index in [1.807, 2.05) is 5.32 Å². The average molecular weight is 544 g/mol.